The van der Waals surface area contributed by atoms with Crippen molar-refractivity contribution in [2.24, 2.45) is 5.73 Å². The molecule has 9 nitrogen and oxygen atoms in total. The molecule has 3 amide bonds. The Morgan fingerprint density at radius 1 is 1.21 bits per heavy atom. The third kappa shape index (κ3) is 5.17. The number of nitrogens with two attached hydrogens (primary N) is 1. The first-order valence-corrected chi connectivity index (χ1v) is 8.73. The van der Waals surface area contributed by atoms with Crippen LogP contribution in [-0.4, -0.2) is 46.7 Å². The van der Waals surface area contributed by atoms with Crippen LogP contribution in [0.5, 0.6) is 0 Å². The molecule has 0 aliphatic carbocycles. The minimum absolute atomic E-state index is 0.0563. The molecular formula is C19H25N5O4. The Kier molecular flexibility index (Phi) is 6.53. The highest BCUT2D eigenvalue weighted by atomic mass is 16.6. The maximum Gasteiger partial charge on any atom is 0.423 e. The van der Waals surface area contributed by atoms with Crippen molar-refractivity contribution in [3.05, 3.63) is 47.9 Å². The Morgan fingerprint density at radius 2 is 1.86 bits per heavy atom. The van der Waals surface area contributed by atoms with Crippen molar-refractivity contribution in [1.29, 1.82) is 0 Å². The summed E-state index contributed by atoms with van der Waals surface area (Å²) in [5, 5.41) is 2.68. The van der Waals surface area contributed by atoms with Gasteiger partial charge in [-0.15, -0.1) is 0 Å². The van der Waals surface area contributed by atoms with Crippen molar-refractivity contribution in [1.82, 2.24) is 14.9 Å². The van der Waals surface area contributed by atoms with Crippen molar-refractivity contribution in [3.8, 4) is 0 Å². The second kappa shape index (κ2) is 8.66. The first-order chi connectivity index (χ1) is 13.1. The van der Waals surface area contributed by atoms with Crippen LogP contribution in [-0.2, 0) is 16.1 Å². The number of carbonyl (C=O) groups is 3. The van der Waals surface area contributed by atoms with E-state index in [-0.39, 0.29) is 18.1 Å². The van der Waals surface area contributed by atoms with Crippen molar-refractivity contribution in [2.75, 3.05) is 18.5 Å². The SMILES string of the molecule is CNCC(=O)N(C(=O)OC(C)(C)C)c1ncn(Cc2ccccc2)c1C(N)=O. The third-order valence-electron chi connectivity index (χ3n) is 3.61. The summed E-state index contributed by atoms with van der Waals surface area (Å²) in [6.07, 6.45) is 0.437. The van der Waals surface area contributed by atoms with Gasteiger partial charge in [0, 0.05) is 6.54 Å². The van der Waals surface area contributed by atoms with Crippen LogP contribution in [0.4, 0.5) is 10.6 Å². The van der Waals surface area contributed by atoms with E-state index in [9.17, 15) is 14.4 Å². The van der Waals surface area contributed by atoms with Gasteiger partial charge in [-0.1, -0.05) is 30.3 Å². The fourth-order valence-electron chi connectivity index (χ4n) is 2.53. The van der Waals surface area contributed by atoms with Crippen LogP contribution in [0.2, 0.25) is 0 Å². The van der Waals surface area contributed by atoms with Crippen LogP contribution < -0.4 is 16.0 Å². The van der Waals surface area contributed by atoms with Crippen molar-refractivity contribution < 1.29 is 19.1 Å². The highest BCUT2D eigenvalue weighted by molar-refractivity contribution is 6.15. The van der Waals surface area contributed by atoms with Crippen molar-refractivity contribution in [2.45, 2.75) is 32.9 Å². The highest BCUT2D eigenvalue weighted by Crippen LogP contribution is 2.22. The monoisotopic (exact) mass is 387 g/mol. The topological polar surface area (TPSA) is 120 Å². The van der Waals surface area contributed by atoms with E-state index in [2.05, 4.69) is 10.3 Å². The summed E-state index contributed by atoms with van der Waals surface area (Å²) in [4.78, 5) is 42.3. The molecule has 150 valence electrons. The number of hydrogen-bond acceptors (Lipinski definition) is 6. The van der Waals surface area contributed by atoms with E-state index in [1.54, 1.807) is 27.8 Å². The molecule has 0 atom stereocenters. The molecule has 2 rings (SSSR count). The molecule has 0 bridgehead atoms. The largest absolute Gasteiger partial charge is 0.443 e. The standard InChI is InChI=1S/C19H25N5O4/c1-19(2,3)28-18(27)24(14(25)10-21-4)17-15(16(20)26)23(12-22-17)11-13-8-6-5-7-9-13/h5-9,12,21H,10-11H2,1-4H3,(H2,20,26). The van der Waals surface area contributed by atoms with Gasteiger partial charge in [-0.3, -0.25) is 9.59 Å². The van der Waals surface area contributed by atoms with Gasteiger partial charge < -0.3 is 20.4 Å². The molecule has 0 radical (unpaired) electrons. The molecule has 1 heterocycles. The number of primary amides is 1. The van der Waals surface area contributed by atoms with E-state index < -0.39 is 23.5 Å². The molecule has 0 aliphatic heterocycles. The van der Waals surface area contributed by atoms with Gasteiger partial charge in [-0.2, -0.15) is 4.90 Å². The second-order valence-corrected chi connectivity index (χ2v) is 7.13. The average Bonchev–Trinajstić information content (AvgIpc) is 2.98. The summed E-state index contributed by atoms with van der Waals surface area (Å²) >= 11 is 0. The molecule has 3 N–H and O–H groups in total. The number of imidazole rings is 1. The van der Waals surface area contributed by atoms with Crippen molar-refractivity contribution in [3.63, 3.8) is 0 Å². The summed E-state index contributed by atoms with van der Waals surface area (Å²) in [7, 11) is 1.56. The van der Waals surface area contributed by atoms with E-state index in [0.29, 0.717) is 6.54 Å². The number of benzene rings is 1. The molecule has 0 saturated carbocycles. The van der Waals surface area contributed by atoms with Gasteiger partial charge in [0.25, 0.3) is 11.8 Å². The Hall–Kier alpha value is -3.20. The van der Waals surface area contributed by atoms with E-state index in [1.807, 2.05) is 30.3 Å². The summed E-state index contributed by atoms with van der Waals surface area (Å²) in [5.74, 6) is -1.59. The fourth-order valence-corrected chi connectivity index (χ4v) is 2.53. The summed E-state index contributed by atoms with van der Waals surface area (Å²) in [5.41, 5.74) is 5.55. The number of nitrogens with one attached hydrogen (secondary N) is 1. The number of carbonyl (C=O) groups excluding carboxylic acids is 3. The molecule has 1 aromatic carbocycles. The maximum atomic E-state index is 12.7. The lowest BCUT2D eigenvalue weighted by Gasteiger charge is -2.25. The molecule has 9 heteroatoms. The van der Waals surface area contributed by atoms with Crippen LogP contribution in [0.15, 0.2) is 36.7 Å². The molecular weight excluding hydrogens is 362 g/mol. The van der Waals surface area contributed by atoms with Crippen LogP contribution >= 0.6 is 0 Å². The Balaban J connectivity index is 2.48. The quantitative estimate of drug-likeness (QED) is 0.775. The van der Waals surface area contributed by atoms with Gasteiger partial charge in [0.1, 0.15) is 5.60 Å². The van der Waals surface area contributed by atoms with Crippen LogP contribution in [0, 0.1) is 0 Å². The molecule has 0 fully saturated rings. The lowest BCUT2D eigenvalue weighted by atomic mass is 10.2. The van der Waals surface area contributed by atoms with E-state index in [1.165, 1.54) is 10.9 Å². The number of likely N-dealkylation sites (N-methyl/N-ethyl adjacent to an activating group) is 1. The molecule has 0 aliphatic rings. The molecule has 0 saturated heterocycles. The smallest absolute Gasteiger partial charge is 0.423 e. The number of anilines is 1. The van der Waals surface area contributed by atoms with Crippen LogP contribution in [0.3, 0.4) is 0 Å². The third-order valence-corrected chi connectivity index (χ3v) is 3.61. The zero-order valence-corrected chi connectivity index (χ0v) is 16.4. The Labute approximate surface area is 163 Å². The first kappa shape index (κ1) is 21.1. The van der Waals surface area contributed by atoms with Gasteiger partial charge >= 0.3 is 6.09 Å². The predicted molar refractivity (Wildman–Crippen MR) is 104 cm³/mol. The minimum atomic E-state index is -0.930. The minimum Gasteiger partial charge on any atom is -0.443 e. The molecule has 1 aromatic heterocycles. The van der Waals surface area contributed by atoms with E-state index in [0.717, 1.165) is 10.5 Å². The van der Waals surface area contributed by atoms with Crippen LogP contribution in [0.25, 0.3) is 0 Å². The Morgan fingerprint density at radius 3 is 2.39 bits per heavy atom. The highest BCUT2D eigenvalue weighted by Gasteiger charge is 2.34. The van der Waals surface area contributed by atoms with Gasteiger partial charge in [0.15, 0.2) is 11.5 Å². The Bertz CT molecular complexity index is 855. The number of ether oxygens (including phenoxy) is 1. The van der Waals surface area contributed by atoms with Crippen LogP contribution in [0.1, 0.15) is 36.8 Å². The zero-order chi connectivity index (χ0) is 20.9. The number of amides is 3. The number of hydrogen-bond donors (Lipinski definition) is 2. The molecule has 28 heavy (non-hydrogen) atoms. The molecule has 2 aromatic rings. The molecule has 0 unspecified atom stereocenters. The number of aromatic nitrogens is 2. The second-order valence-electron chi connectivity index (χ2n) is 7.13. The number of imide groups is 1. The first-order valence-electron chi connectivity index (χ1n) is 8.73. The summed E-state index contributed by atoms with van der Waals surface area (Å²) in [6.45, 7) is 5.18. The zero-order valence-electron chi connectivity index (χ0n) is 16.4. The summed E-state index contributed by atoms with van der Waals surface area (Å²) < 4.78 is 6.82. The summed E-state index contributed by atoms with van der Waals surface area (Å²) in [6, 6.07) is 9.35. The van der Waals surface area contributed by atoms with Crippen molar-refractivity contribution >= 4 is 23.7 Å². The maximum absolute atomic E-state index is 12.7. The average molecular weight is 387 g/mol. The van der Waals surface area contributed by atoms with E-state index >= 15 is 0 Å². The fraction of sp³-hybridized carbons (Fsp3) is 0.368. The van der Waals surface area contributed by atoms with E-state index in [4.69, 9.17) is 10.5 Å². The number of rotatable bonds is 6. The lowest BCUT2D eigenvalue weighted by Crippen LogP contribution is -2.45. The van der Waals surface area contributed by atoms with Gasteiger partial charge in [0.05, 0.1) is 12.9 Å². The van der Waals surface area contributed by atoms with Gasteiger partial charge in [-0.05, 0) is 33.4 Å². The predicted octanol–water partition coefficient (Wildman–Crippen LogP) is 1.52. The normalized spacial score (nSPS) is 11.1. The lowest BCUT2D eigenvalue weighted by molar-refractivity contribution is -0.117. The van der Waals surface area contributed by atoms with Gasteiger partial charge in [-0.25, -0.2) is 9.78 Å². The van der Waals surface area contributed by atoms with Gasteiger partial charge in [0.2, 0.25) is 0 Å². The number of nitrogens with zero attached hydrogens (tertiary/aromatic N) is 3. The molecule has 0 spiro atoms.